The van der Waals surface area contributed by atoms with E-state index >= 15 is 0 Å². The summed E-state index contributed by atoms with van der Waals surface area (Å²) in [5.41, 5.74) is 1.71. The van der Waals surface area contributed by atoms with E-state index in [0.717, 1.165) is 12.2 Å². The Hall–Kier alpha value is -2.49. The third kappa shape index (κ3) is 3.75. The number of anilines is 1. The molecular weight excluding hydrogens is 266 g/mol. The van der Waals surface area contributed by atoms with Gasteiger partial charge in [-0.3, -0.25) is 4.79 Å². The highest BCUT2D eigenvalue weighted by Gasteiger charge is 2.11. The molecule has 21 heavy (non-hydrogen) atoms. The average Bonchev–Trinajstić information content (AvgIpc) is 2.49. The van der Waals surface area contributed by atoms with Crippen LogP contribution in [-0.2, 0) is 0 Å². The van der Waals surface area contributed by atoms with E-state index in [1.54, 1.807) is 37.3 Å². The molecule has 2 N–H and O–H groups in total. The van der Waals surface area contributed by atoms with E-state index < -0.39 is 0 Å². The van der Waals surface area contributed by atoms with Crippen LogP contribution in [0.1, 0.15) is 29.3 Å². The molecule has 2 aromatic carbocycles. The maximum atomic E-state index is 12.2. The number of carbonyl (C=O) groups is 1. The molecule has 0 heterocycles. The molecule has 0 aliphatic carbocycles. The van der Waals surface area contributed by atoms with E-state index in [4.69, 9.17) is 4.74 Å². The van der Waals surface area contributed by atoms with E-state index in [1.165, 1.54) is 0 Å². The molecule has 0 bridgehead atoms. The molecular formula is C17H19NO3. The van der Waals surface area contributed by atoms with Crippen LogP contribution in [-0.4, -0.2) is 17.6 Å². The van der Waals surface area contributed by atoms with E-state index in [9.17, 15) is 9.90 Å². The summed E-state index contributed by atoms with van der Waals surface area (Å²) in [6, 6.07) is 12.1. The first kappa shape index (κ1) is 14.9. The molecule has 0 spiro atoms. The highest BCUT2D eigenvalue weighted by atomic mass is 16.5. The minimum Gasteiger partial charge on any atom is -0.508 e. The minimum atomic E-state index is -0.245. The van der Waals surface area contributed by atoms with Gasteiger partial charge in [-0.25, -0.2) is 0 Å². The van der Waals surface area contributed by atoms with E-state index in [0.29, 0.717) is 23.4 Å². The van der Waals surface area contributed by atoms with Gasteiger partial charge in [-0.15, -0.1) is 0 Å². The van der Waals surface area contributed by atoms with Gasteiger partial charge in [0.15, 0.2) is 0 Å². The Morgan fingerprint density at radius 2 is 1.90 bits per heavy atom. The van der Waals surface area contributed by atoms with Gasteiger partial charge in [-0.2, -0.15) is 0 Å². The molecule has 110 valence electrons. The molecule has 2 aromatic rings. The monoisotopic (exact) mass is 285 g/mol. The van der Waals surface area contributed by atoms with Crippen molar-refractivity contribution in [1.29, 1.82) is 0 Å². The number of aromatic hydroxyl groups is 1. The van der Waals surface area contributed by atoms with Gasteiger partial charge in [0.1, 0.15) is 11.5 Å². The summed E-state index contributed by atoms with van der Waals surface area (Å²) >= 11 is 0. The number of rotatable bonds is 5. The van der Waals surface area contributed by atoms with Crippen LogP contribution in [0.2, 0.25) is 0 Å². The predicted molar refractivity (Wildman–Crippen MR) is 83.0 cm³/mol. The van der Waals surface area contributed by atoms with Crippen molar-refractivity contribution >= 4 is 11.6 Å². The maximum Gasteiger partial charge on any atom is 0.256 e. The number of benzene rings is 2. The van der Waals surface area contributed by atoms with Crippen molar-refractivity contribution in [2.75, 3.05) is 11.9 Å². The van der Waals surface area contributed by atoms with E-state index in [1.807, 2.05) is 19.1 Å². The normalized spacial score (nSPS) is 10.2. The van der Waals surface area contributed by atoms with Gasteiger partial charge < -0.3 is 15.2 Å². The SMILES string of the molecule is CCCOc1ccc(NC(=O)c2cccc(O)c2C)cc1. The van der Waals surface area contributed by atoms with Crippen LogP contribution in [0.3, 0.4) is 0 Å². The standard InChI is InChI=1S/C17H19NO3/c1-3-11-21-14-9-7-13(8-10-14)18-17(20)15-5-4-6-16(19)12(15)2/h4-10,19H,3,11H2,1-2H3,(H,18,20). The highest BCUT2D eigenvalue weighted by molar-refractivity contribution is 6.05. The van der Waals surface area contributed by atoms with Gasteiger partial charge in [0.25, 0.3) is 5.91 Å². The number of amides is 1. The molecule has 0 atom stereocenters. The van der Waals surface area contributed by atoms with Crippen molar-refractivity contribution in [3.05, 3.63) is 53.6 Å². The molecule has 0 saturated carbocycles. The van der Waals surface area contributed by atoms with Gasteiger partial charge in [-0.05, 0) is 49.7 Å². The molecule has 0 aliphatic heterocycles. The molecule has 4 nitrogen and oxygen atoms in total. The zero-order chi connectivity index (χ0) is 15.2. The minimum absolute atomic E-state index is 0.117. The molecule has 0 aromatic heterocycles. The lowest BCUT2D eigenvalue weighted by molar-refractivity contribution is 0.102. The quantitative estimate of drug-likeness (QED) is 0.879. The van der Waals surface area contributed by atoms with Gasteiger partial charge in [0.05, 0.1) is 6.61 Å². The van der Waals surface area contributed by atoms with Crippen LogP contribution in [0.5, 0.6) is 11.5 Å². The van der Waals surface area contributed by atoms with Crippen molar-refractivity contribution in [3.63, 3.8) is 0 Å². The number of phenols is 1. The van der Waals surface area contributed by atoms with Crippen molar-refractivity contribution in [1.82, 2.24) is 0 Å². The number of ether oxygens (including phenoxy) is 1. The fourth-order valence-electron chi connectivity index (χ4n) is 1.92. The van der Waals surface area contributed by atoms with Crippen LogP contribution in [0.4, 0.5) is 5.69 Å². The largest absolute Gasteiger partial charge is 0.508 e. The first-order valence-electron chi connectivity index (χ1n) is 6.94. The summed E-state index contributed by atoms with van der Waals surface area (Å²) in [5, 5.41) is 12.4. The predicted octanol–water partition coefficient (Wildman–Crippen LogP) is 3.74. The molecule has 0 aliphatic rings. The number of hydrogen-bond acceptors (Lipinski definition) is 3. The first-order valence-corrected chi connectivity index (χ1v) is 6.94. The van der Waals surface area contributed by atoms with Crippen LogP contribution < -0.4 is 10.1 Å². The average molecular weight is 285 g/mol. The lowest BCUT2D eigenvalue weighted by Gasteiger charge is -2.10. The van der Waals surface area contributed by atoms with Crippen LogP contribution in [0.25, 0.3) is 0 Å². The first-order chi connectivity index (χ1) is 10.1. The van der Waals surface area contributed by atoms with Crippen LogP contribution in [0.15, 0.2) is 42.5 Å². The summed E-state index contributed by atoms with van der Waals surface area (Å²) in [6.45, 7) is 4.44. The second-order valence-corrected chi connectivity index (χ2v) is 4.78. The van der Waals surface area contributed by atoms with Crippen molar-refractivity contribution < 1.29 is 14.6 Å². The van der Waals surface area contributed by atoms with Gasteiger partial charge in [-0.1, -0.05) is 13.0 Å². The van der Waals surface area contributed by atoms with Crippen molar-refractivity contribution in [2.45, 2.75) is 20.3 Å². The lowest BCUT2D eigenvalue weighted by Crippen LogP contribution is -2.13. The molecule has 1 amide bonds. The number of nitrogens with one attached hydrogen (secondary N) is 1. The zero-order valence-electron chi connectivity index (χ0n) is 12.2. The maximum absolute atomic E-state index is 12.2. The summed E-state index contributed by atoms with van der Waals surface area (Å²) in [4.78, 5) is 12.2. The van der Waals surface area contributed by atoms with Gasteiger partial charge in [0, 0.05) is 16.8 Å². The molecule has 0 saturated heterocycles. The topological polar surface area (TPSA) is 58.6 Å². The second-order valence-electron chi connectivity index (χ2n) is 4.78. The van der Waals surface area contributed by atoms with Crippen molar-refractivity contribution in [3.8, 4) is 11.5 Å². The Labute approximate surface area is 124 Å². The number of hydrogen-bond donors (Lipinski definition) is 2. The fourth-order valence-corrected chi connectivity index (χ4v) is 1.92. The summed E-state index contributed by atoms with van der Waals surface area (Å²) < 4.78 is 5.49. The summed E-state index contributed by atoms with van der Waals surface area (Å²) in [7, 11) is 0. The Bertz CT molecular complexity index is 620. The lowest BCUT2D eigenvalue weighted by atomic mass is 10.1. The Morgan fingerprint density at radius 3 is 2.57 bits per heavy atom. The van der Waals surface area contributed by atoms with E-state index in [-0.39, 0.29) is 11.7 Å². The van der Waals surface area contributed by atoms with Crippen LogP contribution >= 0.6 is 0 Å². The molecule has 0 unspecified atom stereocenters. The van der Waals surface area contributed by atoms with Crippen molar-refractivity contribution in [2.24, 2.45) is 0 Å². The third-order valence-electron chi connectivity index (χ3n) is 3.13. The second kappa shape index (κ2) is 6.79. The molecule has 0 fully saturated rings. The summed E-state index contributed by atoms with van der Waals surface area (Å²) in [6.07, 6.45) is 0.954. The van der Waals surface area contributed by atoms with Gasteiger partial charge in [0.2, 0.25) is 0 Å². The molecule has 0 radical (unpaired) electrons. The highest BCUT2D eigenvalue weighted by Crippen LogP contribution is 2.21. The van der Waals surface area contributed by atoms with Crippen LogP contribution in [0, 0.1) is 6.92 Å². The zero-order valence-corrected chi connectivity index (χ0v) is 12.2. The van der Waals surface area contributed by atoms with E-state index in [2.05, 4.69) is 5.32 Å². The molecule has 4 heteroatoms. The van der Waals surface area contributed by atoms with Gasteiger partial charge >= 0.3 is 0 Å². The smallest absolute Gasteiger partial charge is 0.256 e. The summed E-state index contributed by atoms with van der Waals surface area (Å²) in [5.74, 6) is 0.653. The third-order valence-corrected chi connectivity index (χ3v) is 3.13. The Morgan fingerprint density at radius 1 is 1.19 bits per heavy atom. The Balaban J connectivity index is 2.07. The Kier molecular flexibility index (Phi) is 4.82. The fraction of sp³-hybridized carbons (Fsp3) is 0.235. The number of carbonyl (C=O) groups excluding carboxylic acids is 1. The number of phenolic OH excluding ortho intramolecular Hbond substituents is 1. The molecule has 2 rings (SSSR count).